The van der Waals surface area contributed by atoms with Gasteiger partial charge in [-0.2, -0.15) is 0 Å². The molecule has 0 aliphatic rings. The summed E-state index contributed by atoms with van der Waals surface area (Å²) in [4.78, 5) is 18.8. The van der Waals surface area contributed by atoms with Crippen LogP contribution in [0.25, 0.3) is 160 Å². The molecule has 0 unspecified atom stereocenters. The smallest absolute Gasteiger partial charge is 0.0900 e. The summed E-state index contributed by atoms with van der Waals surface area (Å²) in [6.45, 7) is 2.17. The van der Waals surface area contributed by atoms with Crippen molar-refractivity contribution in [2.75, 3.05) is 0 Å². The van der Waals surface area contributed by atoms with Crippen LogP contribution in [0.5, 0.6) is 0 Å². The number of aryl methyl sites for hydroxylation is 1. The van der Waals surface area contributed by atoms with E-state index in [0.717, 1.165) is 148 Å². The summed E-state index contributed by atoms with van der Waals surface area (Å²) in [5.74, 6) is 0. The molecule has 79 heavy (non-hydrogen) atoms. The first-order valence-electron chi connectivity index (χ1n) is 28.2. The molecule has 1 N–H and O–H groups in total. The first kappa shape index (κ1) is 40.7. The van der Waals surface area contributed by atoms with E-state index in [-0.39, 0.29) is 0 Å². The monoisotopic (exact) mass is 1010 g/mol. The highest BCUT2D eigenvalue weighted by Gasteiger charge is 2.27. The van der Waals surface area contributed by atoms with E-state index in [9.17, 15) is 1.37 Å². The largest absolute Gasteiger partial charge is 0.353 e. The van der Waals surface area contributed by atoms with Crippen molar-refractivity contribution in [3.05, 3.63) is 254 Å². The molecule has 0 spiro atoms. The highest BCUT2D eigenvalue weighted by molar-refractivity contribution is 6.38. The molecule has 0 atom stereocenters. The van der Waals surface area contributed by atoms with Crippen molar-refractivity contribution in [2.45, 2.75) is 6.92 Å². The topological polar surface area (TPSA) is 69.2 Å². The Hall–Kier alpha value is -10.6. The van der Waals surface area contributed by atoms with E-state index in [4.69, 9.17) is 17.7 Å². The number of aromatic amines is 1. The van der Waals surface area contributed by atoms with Gasteiger partial charge in [0.25, 0.3) is 0 Å². The lowest BCUT2D eigenvalue weighted by atomic mass is 9.98. The molecule has 0 amide bonds. The van der Waals surface area contributed by atoms with Crippen molar-refractivity contribution < 1.29 is 4.11 Å². The molecule has 7 heteroatoms. The Bertz CT molecular complexity index is 5510. The Balaban J connectivity index is 1.09. The zero-order valence-electron chi connectivity index (χ0n) is 45.6. The third kappa shape index (κ3) is 6.32. The summed E-state index contributed by atoms with van der Waals surface area (Å²) < 4.78 is 34.5. The Kier molecular flexibility index (Phi) is 8.59. The average Bonchev–Trinajstić information content (AvgIpc) is 2.33. The minimum atomic E-state index is 0.417. The normalized spacial score (nSPS) is 12.6. The number of benzene rings is 10. The fourth-order valence-electron chi connectivity index (χ4n) is 13.0. The summed E-state index contributed by atoms with van der Waals surface area (Å²) in [5.41, 5.74) is 16.7. The molecule has 7 aromatic heterocycles. The van der Waals surface area contributed by atoms with Gasteiger partial charge in [0.1, 0.15) is 0 Å². The molecule has 0 aliphatic heterocycles. The predicted octanol–water partition coefficient (Wildman–Crippen LogP) is 18.4. The van der Waals surface area contributed by atoms with Gasteiger partial charge in [0, 0.05) is 78.1 Å². The number of rotatable bonds is 6. The number of aromatic nitrogens is 7. The molecule has 0 aliphatic carbocycles. The Labute approximate surface area is 456 Å². The minimum Gasteiger partial charge on any atom is -0.353 e. The van der Waals surface area contributed by atoms with Gasteiger partial charge < -0.3 is 18.7 Å². The SMILES string of the molecule is [2H]c1ccc2[nH]c3c(c2c1)c1ccccc1c1c2cc([2H])ccc2n(-c2cc(-c4cc(-c5ccccn5)nc(-c5ccccn5)c4)cc(-n4c5ccc([2H])cc5c5c6ccccc6c6c7cc(C)ccc7n(-c7ccccc7)c6c54)c2)c31. The number of hydrogen-bond donors (Lipinski definition) is 1. The number of H-pyrrole nitrogens is 1. The van der Waals surface area contributed by atoms with Gasteiger partial charge in [-0.1, -0.05) is 145 Å². The molecule has 17 aromatic rings. The summed E-state index contributed by atoms with van der Waals surface area (Å²) >= 11 is 0. The number of nitrogens with zero attached hydrogens (tertiary/aromatic N) is 6. The third-order valence-electron chi connectivity index (χ3n) is 16.2. The fraction of sp³-hybridized carbons (Fsp3) is 0.0139. The molecule has 0 fully saturated rings. The quantitative estimate of drug-likeness (QED) is 0.180. The van der Waals surface area contributed by atoms with Gasteiger partial charge in [-0.3, -0.25) is 9.97 Å². The lowest BCUT2D eigenvalue weighted by Crippen LogP contribution is -2.02. The van der Waals surface area contributed by atoms with Crippen LogP contribution in [0.3, 0.4) is 0 Å². The maximum atomic E-state index is 9.27. The van der Waals surface area contributed by atoms with Crippen LogP contribution in [0.15, 0.2) is 249 Å². The van der Waals surface area contributed by atoms with Crippen LogP contribution in [-0.4, -0.2) is 33.6 Å². The van der Waals surface area contributed by atoms with Crippen LogP contribution in [0.1, 0.15) is 9.68 Å². The first-order chi connectivity index (χ1) is 40.3. The van der Waals surface area contributed by atoms with Gasteiger partial charge in [-0.25, -0.2) is 4.98 Å². The molecular weight excluding hydrogens is 963 g/mol. The van der Waals surface area contributed by atoms with Crippen LogP contribution in [-0.2, 0) is 0 Å². The van der Waals surface area contributed by atoms with Crippen LogP contribution >= 0.6 is 0 Å². The van der Waals surface area contributed by atoms with Gasteiger partial charge in [0.15, 0.2) is 0 Å². The number of fused-ring (bicyclic) bond motifs is 20. The average molecular weight is 1010 g/mol. The maximum absolute atomic E-state index is 9.27. The molecule has 368 valence electrons. The molecule has 7 nitrogen and oxygen atoms in total. The van der Waals surface area contributed by atoms with Crippen molar-refractivity contribution in [1.82, 2.24) is 33.6 Å². The first-order valence-corrected chi connectivity index (χ1v) is 26.7. The van der Waals surface area contributed by atoms with Crippen molar-refractivity contribution in [2.24, 2.45) is 0 Å². The second-order valence-corrected chi connectivity index (χ2v) is 20.7. The van der Waals surface area contributed by atoms with Gasteiger partial charge in [-0.15, -0.1) is 0 Å². The second-order valence-electron chi connectivity index (χ2n) is 20.7. The summed E-state index contributed by atoms with van der Waals surface area (Å²) in [6, 6.07) is 76.9. The highest BCUT2D eigenvalue weighted by atomic mass is 15.1. The van der Waals surface area contributed by atoms with E-state index < -0.39 is 0 Å². The van der Waals surface area contributed by atoms with E-state index in [1.54, 1.807) is 12.4 Å². The molecule has 10 aromatic carbocycles. The molecule has 0 saturated heterocycles. The zero-order valence-corrected chi connectivity index (χ0v) is 42.6. The number of hydrogen-bond acceptors (Lipinski definition) is 3. The summed E-state index contributed by atoms with van der Waals surface area (Å²) in [5, 5.41) is 12.8. The second kappa shape index (κ2) is 16.7. The fourth-order valence-corrected chi connectivity index (χ4v) is 13.0. The molecule has 7 heterocycles. The van der Waals surface area contributed by atoms with E-state index >= 15 is 0 Å². The summed E-state index contributed by atoms with van der Waals surface area (Å²) in [6.07, 6.45) is 3.61. The van der Waals surface area contributed by atoms with Gasteiger partial charge in [-0.05, 0) is 137 Å². The van der Waals surface area contributed by atoms with Gasteiger partial charge in [0.2, 0.25) is 0 Å². The Morgan fingerprint density at radius 2 is 0.848 bits per heavy atom. The van der Waals surface area contributed by atoms with Crippen molar-refractivity contribution in [3.8, 4) is 51.0 Å². The predicted molar refractivity (Wildman–Crippen MR) is 328 cm³/mol. The summed E-state index contributed by atoms with van der Waals surface area (Å²) in [7, 11) is 0. The molecular formula is C72H45N7. The van der Waals surface area contributed by atoms with Crippen LogP contribution in [0.2, 0.25) is 0 Å². The molecule has 0 bridgehead atoms. The van der Waals surface area contributed by atoms with E-state index in [1.807, 2.05) is 78.9 Å². The van der Waals surface area contributed by atoms with Crippen LogP contribution in [0, 0.1) is 6.92 Å². The van der Waals surface area contributed by atoms with E-state index in [2.05, 4.69) is 165 Å². The third-order valence-corrected chi connectivity index (χ3v) is 16.2. The minimum absolute atomic E-state index is 0.417. The van der Waals surface area contributed by atoms with E-state index in [1.165, 1.54) is 5.56 Å². The van der Waals surface area contributed by atoms with Crippen molar-refractivity contribution in [3.63, 3.8) is 0 Å². The Morgan fingerprint density at radius 3 is 1.46 bits per heavy atom. The zero-order chi connectivity index (χ0) is 54.5. The molecule has 0 saturated carbocycles. The van der Waals surface area contributed by atoms with E-state index in [0.29, 0.717) is 29.5 Å². The highest BCUT2D eigenvalue weighted by Crippen LogP contribution is 2.49. The standard InChI is InChI=1S/C72H45N7/c1-43-33-34-64-56(37-43)68-52-24-8-7-23-51(52)67-55-27-11-14-32-63(55)79(71(67)72(68)77(64)46-19-3-2-4-20-46)48-39-44(45-40-60(58-29-15-17-35-73-58)75-61(41-45)59-30-16-18-36-74-59)38-47(42-48)78-62-31-13-10-26-54(62)66-50-22-6-5-21-49(50)65-53-25-9-12-28-57(53)76-69(65)70(66)78/h2-42,76H,1H3/i9D,10D,11D. The molecule has 17 rings (SSSR count). The maximum Gasteiger partial charge on any atom is 0.0900 e. The van der Waals surface area contributed by atoms with Crippen molar-refractivity contribution >= 4 is 109 Å². The lowest BCUT2D eigenvalue weighted by molar-refractivity contribution is 1.13. The van der Waals surface area contributed by atoms with Gasteiger partial charge >= 0.3 is 0 Å². The van der Waals surface area contributed by atoms with Crippen LogP contribution in [0.4, 0.5) is 0 Å². The lowest BCUT2D eigenvalue weighted by Gasteiger charge is -2.18. The van der Waals surface area contributed by atoms with Crippen molar-refractivity contribution in [1.29, 1.82) is 0 Å². The van der Waals surface area contributed by atoms with Gasteiger partial charge in [0.05, 0.1) is 65.5 Å². The van der Waals surface area contributed by atoms with Crippen LogP contribution < -0.4 is 0 Å². The molecule has 0 radical (unpaired) electrons. The number of nitrogens with one attached hydrogen (secondary N) is 1. The Morgan fingerprint density at radius 1 is 0.354 bits per heavy atom. The number of pyridine rings is 3. The number of para-hydroxylation sites is 4.